The topological polar surface area (TPSA) is 44.7 Å². The van der Waals surface area contributed by atoms with Gasteiger partial charge >= 0.3 is 0 Å². The van der Waals surface area contributed by atoms with Gasteiger partial charge in [-0.15, -0.1) is 0 Å². The number of nitrogens with zero attached hydrogens (tertiary/aromatic N) is 5. The Morgan fingerprint density at radius 2 is 1.52 bits per heavy atom. The quantitative estimate of drug-likeness (QED) is 0.660. The molecule has 0 N–H and O–H groups in total. The van der Waals surface area contributed by atoms with Crippen LogP contribution in [0.4, 0.5) is 17.5 Å². The number of piperazine rings is 1. The van der Waals surface area contributed by atoms with E-state index in [-0.39, 0.29) is 0 Å². The number of benzene rings is 2. The van der Waals surface area contributed by atoms with Crippen LogP contribution in [0.5, 0.6) is 0 Å². The van der Waals surface area contributed by atoms with Gasteiger partial charge in [0.1, 0.15) is 5.82 Å². The third kappa shape index (κ3) is 3.82. The van der Waals surface area contributed by atoms with E-state index in [1.807, 2.05) is 24.3 Å². The normalized spacial score (nSPS) is 17.8. The van der Waals surface area contributed by atoms with Gasteiger partial charge in [0.25, 0.3) is 0 Å². The van der Waals surface area contributed by atoms with E-state index in [9.17, 15) is 0 Å². The second-order valence-corrected chi connectivity index (χ2v) is 7.85. The summed E-state index contributed by atoms with van der Waals surface area (Å²) in [6, 6.07) is 16.3. The fraction of sp³-hybridized carbons (Fsp3) is 0.364. The van der Waals surface area contributed by atoms with Crippen molar-refractivity contribution in [3.05, 3.63) is 53.6 Å². The largest absolute Gasteiger partial charge is 0.378 e. The van der Waals surface area contributed by atoms with E-state index in [4.69, 9.17) is 26.3 Å². The molecule has 0 amide bonds. The van der Waals surface area contributed by atoms with Crippen molar-refractivity contribution in [2.45, 2.75) is 0 Å². The molecule has 0 atom stereocenters. The van der Waals surface area contributed by atoms with Crippen LogP contribution in [0.15, 0.2) is 48.5 Å². The van der Waals surface area contributed by atoms with Gasteiger partial charge in [0, 0.05) is 55.4 Å². The van der Waals surface area contributed by atoms with Crippen LogP contribution in [-0.4, -0.2) is 62.5 Å². The van der Waals surface area contributed by atoms with Crippen molar-refractivity contribution in [1.29, 1.82) is 0 Å². The molecular weight excluding hydrogens is 386 g/mol. The molecule has 2 fully saturated rings. The molecule has 0 aliphatic carbocycles. The second-order valence-electron chi connectivity index (χ2n) is 7.42. The van der Waals surface area contributed by atoms with E-state index in [0.29, 0.717) is 0 Å². The molecule has 6 nitrogen and oxygen atoms in total. The smallest absolute Gasteiger partial charge is 0.228 e. The fourth-order valence-electron chi connectivity index (χ4n) is 4.04. The van der Waals surface area contributed by atoms with E-state index < -0.39 is 0 Å². The predicted octanol–water partition coefficient (Wildman–Crippen LogP) is 3.45. The molecule has 0 unspecified atom stereocenters. The predicted molar refractivity (Wildman–Crippen MR) is 118 cm³/mol. The number of hydrogen-bond donors (Lipinski definition) is 0. The van der Waals surface area contributed by atoms with E-state index in [2.05, 4.69) is 39.0 Å². The van der Waals surface area contributed by atoms with E-state index >= 15 is 0 Å². The van der Waals surface area contributed by atoms with Crippen LogP contribution in [0.25, 0.3) is 10.9 Å². The van der Waals surface area contributed by atoms with Crippen LogP contribution in [0.1, 0.15) is 0 Å². The number of halogens is 1. The average Bonchev–Trinajstić information content (AvgIpc) is 2.79. The standard InChI is InChI=1S/C22H24ClN5O/c23-17-4-3-5-18(16-17)26-8-10-28(11-9-26)22-24-20-7-2-1-6-19(20)21(25-22)27-12-14-29-15-13-27/h1-7,16H,8-15H2. The molecule has 0 saturated carbocycles. The van der Waals surface area contributed by atoms with Gasteiger partial charge in [-0.25, -0.2) is 4.98 Å². The maximum atomic E-state index is 6.16. The monoisotopic (exact) mass is 409 g/mol. The Labute approximate surface area is 175 Å². The first-order valence-corrected chi connectivity index (χ1v) is 10.5. The first kappa shape index (κ1) is 18.5. The van der Waals surface area contributed by atoms with E-state index in [0.717, 1.165) is 80.2 Å². The molecule has 2 aromatic carbocycles. The van der Waals surface area contributed by atoms with Crippen molar-refractivity contribution in [2.24, 2.45) is 0 Å². The van der Waals surface area contributed by atoms with Gasteiger partial charge in [0.05, 0.1) is 18.7 Å². The Hall–Kier alpha value is -2.57. The molecular formula is C22H24ClN5O. The number of aromatic nitrogens is 2. The lowest BCUT2D eigenvalue weighted by molar-refractivity contribution is 0.122. The van der Waals surface area contributed by atoms with Crippen molar-refractivity contribution < 1.29 is 4.74 Å². The lowest BCUT2D eigenvalue weighted by Crippen LogP contribution is -2.47. The third-order valence-electron chi connectivity index (χ3n) is 5.62. The molecule has 3 heterocycles. The zero-order chi connectivity index (χ0) is 19.6. The van der Waals surface area contributed by atoms with E-state index in [1.165, 1.54) is 5.69 Å². The number of anilines is 3. The summed E-state index contributed by atoms with van der Waals surface area (Å²) in [5.41, 5.74) is 2.17. The highest BCUT2D eigenvalue weighted by Gasteiger charge is 2.23. The maximum Gasteiger partial charge on any atom is 0.228 e. The van der Waals surface area contributed by atoms with Gasteiger partial charge in [-0.05, 0) is 30.3 Å². The number of ether oxygens (including phenoxy) is 1. The Bertz CT molecular complexity index is 999. The highest BCUT2D eigenvalue weighted by Crippen LogP contribution is 2.28. The lowest BCUT2D eigenvalue weighted by atomic mass is 10.2. The summed E-state index contributed by atoms with van der Waals surface area (Å²) in [7, 11) is 0. The van der Waals surface area contributed by atoms with Crippen LogP contribution in [-0.2, 0) is 4.74 Å². The molecule has 0 radical (unpaired) electrons. The molecule has 3 aromatic rings. The molecule has 29 heavy (non-hydrogen) atoms. The van der Waals surface area contributed by atoms with Crippen molar-refractivity contribution >= 4 is 40.0 Å². The van der Waals surface area contributed by atoms with Crippen LogP contribution < -0.4 is 14.7 Å². The molecule has 0 spiro atoms. The van der Waals surface area contributed by atoms with Gasteiger partial charge in [-0.3, -0.25) is 0 Å². The van der Waals surface area contributed by atoms with Gasteiger partial charge in [-0.1, -0.05) is 29.8 Å². The van der Waals surface area contributed by atoms with Crippen LogP contribution in [0.3, 0.4) is 0 Å². The van der Waals surface area contributed by atoms with Crippen LogP contribution in [0.2, 0.25) is 5.02 Å². The first-order valence-electron chi connectivity index (χ1n) is 10.1. The molecule has 2 aliphatic rings. The number of hydrogen-bond acceptors (Lipinski definition) is 6. The highest BCUT2D eigenvalue weighted by molar-refractivity contribution is 6.30. The molecule has 1 aromatic heterocycles. The minimum Gasteiger partial charge on any atom is -0.378 e. The first-order chi connectivity index (χ1) is 14.3. The Balaban J connectivity index is 1.40. The zero-order valence-corrected chi connectivity index (χ0v) is 17.1. The minimum absolute atomic E-state index is 0.742. The summed E-state index contributed by atoms with van der Waals surface area (Å²) < 4.78 is 5.53. The summed E-state index contributed by atoms with van der Waals surface area (Å²) in [5, 5.41) is 1.88. The molecule has 0 bridgehead atoms. The second kappa shape index (κ2) is 8.05. The van der Waals surface area contributed by atoms with Gasteiger partial charge < -0.3 is 19.4 Å². The van der Waals surface area contributed by atoms with Crippen LogP contribution in [0, 0.1) is 0 Å². The summed E-state index contributed by atoms with van der Waals surface area (Å²) in [6.07, 6.45) is 0. The molecule has 2 aliphatic heterocycles. The molecule has 2 saturated heterocycles. The zero-order valence-electron chi connectivity index (χ0n) is 16.3. The van der Waals surface area contributed by atoms with Crippen molar-refractivity contribution in [3.8, 4) is 0 Å². The maximum absolute atomic E-state index is 6.16. The molecule has 150 valence electrons. The third-order valence-corrected chi connectivity index (χ3v) is 5.85. The SMILES string of the molecule is Clc1cccc(N2CCN(c3nc(N4CCOCC4)c4ccccc4n3)CC2)c1. The fourth-order valence-corrected chi connectivity index (χ4v) is 4.23. The Morgan fingerprint density at radius 1 is 0.759 bits per heavy atom. The van der Waals surface area contributed by atoms with Crippen molar-refractivity contribution in [1.82, 2.24) is 9.97 Å². The van der Waals surface area contributed by atoms with E-state index in [1.54, 1.807) is 0 Å². The number of fused-ring (bicyclic) bond motifs is 1. The summed E-state index contributed by atoms with van der Waals surface area (Å²) in [5.74, 6) is 1.84. The van der Waals surface area contributed by atoms with Gasteiger partial charge in [0.15, 0.2) is 0 Å². The van der Waals surface area contributed by atoms with Crippen LogP contribution >= 0.6 is 11.6 Å². The van der Waals surface area contributed by atoms with Crippen molar-refractivity contribution in [2.75, 3.05) is 67.2 Å². The Morgan fingerprint density at radius 3 is 2.31 bits per heavy atom. The van der Waals surface area contributed by atoms with Gasteiger partial charge in [-0.2, -0.15) is 4.98 Å². The number of morpholine rings is 1. The number of rotatable bonds is 3. The summed E-state index contributed by atoms with van der Waals surface area (Å²) in [4.78, 5) is 16.9. The average molecular weight is 410 g/mol. The summed E-state index contributed by atoms with van der Waals surface area (Å²) >= 11 is 6.16. The minimum atomic E-state index is 0.742. The molecule has 5 rings (SSSR count). The highest BCUT2D eigenvalue weighted by atomic mass is 35.5. The van der Waals surface area contributed by atoms with Crippen molar-refractivity contribution in [3.63, 3.8) is 0 Å². The molecule has 7 heteroatoms. The summed E-state index contributed by atoms with van der Waals surface area (Å²) in [6.45, 7) is 6.82. The lowest BCUT2D eigenvalue weighted by Gasteiger charge is -2.37. The number of para-hydroxylation sites is 1. The van der Waals surface area contributed by atoms with Gasteiger partial charge in [0.2, 0.25) is 5.95 Å². The Kier molecular flexibility index (Phi) is 5.12.